The largest absolute Gasteiger partial charge is 0.315 e. The highest BCUT2D eigenvalue weighted by Gasteiger charge is 2.26. The lowest BCUT2D eigenvalue weighted by Gasteiger charge is -2.26. The van der Waals surface area contributed by atoms with E-state index in [0.717, 1.165) is 38.8 Å². The molecule has 2 saturated carbocycles. The number of nitrogens with one attached hydrogen (secondary N) is 1. The SMILES string of the molecule is CC(C)C(=O)C1CCCC1.CC(C)C(=O)C1CCCCC1.CC(C)C(=O)C1CNC1. The van der Waals surface area contributed by atoms with Gasteiger partial charge in [-0.25, -0.2) is 0 Å². The maximum atomic E-state index is 11.5. The summed E-state index contributed by atoms with van der Waals surface area (Å²) in [6.07, 6.45) is 11.0. The van der Waals surface area contributed by atoms with Gasteiger partial charge in [0, 0.05) is 48.6 Å². The monoisotopic (exact) mass is 421 g/mol. The average Bonchev–Trinajstić information content (AvgIpc) is 3.21. The number of rotatable bonds is 6. The first-order valence-corrected chi connectivity index (χ1v) is 12.5. The molecule has 174 valence electrons. The molecule has 4 heteroatoms. The Kier molecular flexibility index (Phi) is 12.7. The van der Waals surface area contributed by atoms with Crippen molar-refractivity contribution >= 4 is 17.3 Å². The van der Waals surface area contributed by atoms with Crippen molar-refractivity contribution in [2.75, 3.05) is 13.1 Å². The third-order valence-corrected chi connectivity index (χ3v) is 6.66. The van der Waals surface area contributed by atoms with Gasteiger partial charge in [-0.05, 0) is 25.7 Å². The number of hydrogen-bond acceptors (Lipinski definition) is 4. The second kappa shape index (κ2) is 14.1. The molecule has 30 heavy (non-hydrogen) atoms. The van der Waals surface area contributed by atoms with Gasteiger partial charge in [0.25, 0.3) is 0 Å². The molecule has 0 radical (unpaired) electrons. The Bertz CT molecular complexity index is 522. The molecule has 0 amide bonds. The minimum Gasteiger partial charge on any atom is -0.315 e. The van der Waals surface area contributed by atoms with Gasteiger partial charge in [-0.3, -0.25) is 14.4 Å². The molecule has 3 fully saturated rings. The fraction of sp³-hybridized carbons (Fsp3) is 0.885. The van der Waals surface area contributed by atoms with Gasteiger partial charge in [-0.15, -0.1) is 0 Å². The van der Waals surface area contributed by atoms with E-state index in [1.165, 1.54) is 32.1 Å². The molecule has 0 aromatic carbocycles. The van der Waals surface area contributed by atoms with Crippen molar-refractivity contribution in [3.8, 4) is 0 Å². The number of ketones is 3. The lowest BCUT2D eigenvalue weighted by molar-refractivity contribution is -0.127. The number of hydrogen-bond donors (Lipinski definition) is 1. The summed E-state index contributed by atoms with van der Waals surface area (Å²) in [6, 6.07) is 0. The van der Waals surface area contributed by atoms with E-state index >= 15 is 0 Å². The van der Waals surface area contributed by atoms with E-state index in [4.69, 9.17) is 0 Å². The van der Waals surface area contributed by atoms with Gasteiger partial charge < -0.3 is 5.32 Å². The molecule has 0 aromatic heterocycles. The van der Waals surface area contributed by atoms with Crippen molar-refractivity contribution in [3.05, 3.63) is 0 Å². The smallest absolute Gasteiger partial charge is 0.141 e. The van der Waals surface area contributed by atoms with Crippen LogP contribution >= 0.6 is 0 Å². The Morgan fingerprint density at radius 1 is 0.533 bits per heavy atom. The highest BCUT2D eigenvalue weighted by Crippen LogP contribution is 2.27. The number of Topliss-reactive ketones (excluding diaryl/α,β-unsaturated/α-hetero) is 3. The van der Waals surface area contributed by atoms with Gasteiger partial charge >= 0.3 is 0 Å². The Labute approximate surface area is 185 Å². The molecule has 3 aliphatic rings. The van der Waals surface area contributed by atoms with E-state index in [1.54, 1.807) is 0 Å². The van der Waals surface area contributed by atoms with Gasteiger partial charge in [0.2, 0.25) is 0 Å². The Balaban J connectivity index is 0.000000226. The van der Waals surface area contributed by atoms with Gasteiger partial charge in [0.05, 0.1) is 0 Å². The number of carbonyl (C=O) groups excluding carboxylic acids is 3. The molecule has 0 spiro atoms. The van der Waals surface area contributed by atoms with Gasteiger partial charge in [0.15, 0.2) is 0 Å². The predicted octanol–water partition coefficient (Wildman–Crippen LogP) is 5.62. The first kappa shape index (κ1) is 27.0. The summed E-state index contributed by atoms with van der Waals surface area (Å²) in [5.41, 5.74) is 0. The summed E-state index contributed by atoms with van der Waals surface area (Å²) in [7, 11) is 0. The van der Waals surface area contributed by atoms with Crippen LogP contribution in [0.4, 0.5) is 0 Å². The van der Waals surface area contributed by atoms with Crippen molar-refractivity contribution in [2.24, 2.45) is 35.5 Å². The molecule has 1 saturated heterocycles. The Morgan fingerprint density at radius 2 is 0.833 bits per heavy atom. The molecule has 0 unspecified atom stereocenters. The lowest BCUT2D eigenvalue weighted by atomic mass is 9.83. The van der Waals surface area contributed by atoms with Crippen LogP contribution < -0.4 is 5.32 Å². The van der Waals surface area contributed by atoms with E-state index in [9.17, 15) is 14.4 Å². The van der Waals surface area contributed by atoms with Crippen LogP contribution in [-0.2, 0) is 14.4 Å². The van der Waals surface area contributed by atoms with E-state index in [-0.39, 0.29) is 17.8 Å². The highest BCUT2D eigenvalue weighted by atomic mass is 16.1. The molecular formula is C26H47NO3. The molecule has 2 aliphatic carbocycles. The highest BCUT2D eigenvalue weighted by molar-refractivity contribution is 5.84. The van der Waals surface area contributed by atoms with Crippen molar-refractivity contribution in [1.29, 1.82) is 0 Å². The molecule has 1 N–H and O–H groups in total. The summed E-state index contributed by atoms with van der Waals surface area (Å²) < 4.78 is 0. The first-order valence-electron chi connectivity index (χ1n) is 12.5. The molecule has 0 aromatic rings. The van der Waals surface area contributed by atoms with Crippen molar-refractivity contribution < 1.29 is 14.4 Å². The summed E-state index contributed by atoms with van der Waals surface area (Å²) >= 11 is 0. The third-order valence-electron chi connectivity index (χ3n) is 6.66. The van der Waals surface area contributed by atoms with E-state index in [1.807, 2.05) is 41.5 Å². The predicted molar refractivity (Wildman–Crippen MR) is 124 cm³/mol. The van der Waals surface area contributed by atoms with Crippen molar-refractivity contribution in [2.45, 2.75) is 99.3 Å². The normalized spacial score (nSPS) is 20.3. The maximum Gasteiger partial charge on any atom is 0.141 e. The second-order valence-corrected chi connectivity index (χ2v) is 10.3. The maximum absolute atomic E-state index is 11.5. The van der Waals surface area contributed by atoms with Crippen LogP contribution in [-0.4, -0.2) is 30.4 Å². The van der Waals surface area contributed by atoms with Crippen molar-refractivity contribution in [3.63, 3.8) is 0 Å². The minimum atomic E-state index is 0.220. The summed E-state index contributed by atoms with van der Waals surface area (Å²) in [5.74, 6) is 3.25. The zero-order chi connectivity index (χ0) is 22.7. The van der Waals surface area contributed by atoms with Crippen LogP contribution in [0.1, 0.15) is 99.3 Å². The first-order chi connectivity index (χ1) is 14.1. The van der Waals surface area contributed by atoms with Gasteiger partial charge in [0.1, 0.15) is 17.3 Å². The molecule has 3 rings (SSSR count). The van der Waals surface area contributed by atoms with Crippen LogP contribution in [0.2, 0.25) is 0 Å². The second-order valence-electron chi connectivity index (χ2n) is 10.3. The van der Waals surface area contributed by atoms with Crippen LogP contribution in [0.3, 0.4) is 0 Å². The topological polar surface area (TPSA) is 63.2 Å². The van der Waals surface area contributed by atoms with Gasteiger partial charge in [-0.2, -0.15) is 0 Å². The summed E-state index contributed by atoms with van der Waals surface area (Å²) in [4.78, 5) is 33.9. The Hall–Kier alpha value is -1.03. The minimum absolute atomic E-state index is 0.220. The van der Waals surface area contributed by atoms with Crippen molar-refractivity contribution in [1.82, 2.24) is 5.32 Å². The lowest BCUT2D eigenvalue weighted by Crippen LogP contribution is -2.47. The molecule has 4 nitrogen and oxygen atoms in total. The zero-order valence-electron chi connectivity index (χ0n) is 20.5. The quantitative estimate of drug-likeness (QED) is 0.604. The fourth-order valence-electron chi connectivity index (χ4n) is 4.50. The summed E-state index contributed by atoms with van der Waals surface area (Å²) in [6.45, 7) is 13.7. The summed E-state index contributed by atoms with van der Waals surface area (Å²) in [5, 5.41) is 3.08. The van der Waals surface area contributed by atoms with E-state index < -0.39 is 0 Å². The third kappa shape index (κ3) is 9.41. The van der Waals surface area contributed by atoms with Crippen LogP contribution in [0.25, 0.3) is 0 Å². The molecular weight excluding hydrogens is 374 g/mol. The van der Waals surface area contributed by atoms with Gasteiger partial charge in [-0.1, -0.05) is 73.6 Å². The average molecular weight is 422 g/mol. The Morgan fingerprint density at radius 3 is 1.07 bits per heavy atom. The van der Waals surface area contributed by atoms with E-state index in [0.29, 0.717) is 35.1 Å². The number of carbonyl (C=O) groups is 3. The zero-order valence-corrected chi connectivity index (χ0v) is 20.5. The van der Waals surface area contributed by atoms with Crippen LogP contribution in [0.15, 0.2) is 0 Å². The molecule has 1 aliphatic heterocycles. The van der Waals surface area contributed by atoms with Crippen LogP contribution in [0.5, 0.6) is 0 Å². The standard InChI is InChI=1S/C10H18O.C9H16O.C7H13NO/c1-8(2)10(11)9-6-4-3-5-7-9;1-7(2)9(10)8-5-3-4-6-8;1-5(2)7(9)6-3-8-4-6/h8-9H,3-7H2,1-2H3;7-8H,3-6H2,1-2H3;5-6,8H,3-4H2,1-2H3. The molecule has 0 bridgehead atoms. The molecule has 1 heterocycles. The fourth-order valence-corrected chi connectivity index (χ4v) is 4.50. The van der Waals surface area contributed by atoms with Crippen LogP contribution in [0, 0.1) is 35.5 Å². The molecule has 0 atom stereocenters. The van der Waals surface area contributed by atoms with E-state index in [2.05, 4.69) is 5.32 Å².